The summed E-state index contributed by atoms with van der Waals surface area (Å²) in [6.07, 6.45) is 2.03. The van der Waals surface area contributed by atoms with Gasteiger partial charge in [-0.2, -0.15) is 0 Å². The van der Waals surface area contributed by atoms with E-state index in [0.717, 1.165) is 25.9 Å². The van der Waals surface area contributed by atoms with Crippen molar-refractivity contribution in [1.82, 2.24) is 15.0 Å². The predicted molar refractivity (Wildman–Crippen MR) is 69.7 cm³/mol. The average molecular weight is 276 g/mol. The molecule has 1 aromatic carbocycles. The quantitative estimate of drug-likeness (QED) is 0.924. The summed E-state index contributed by atoms with van der Waals surface area (Å²) in [4.78, 5) is 14.4. The van der Waals surface area contributed by atoms with Crippen molar-refractivity contribution in [2.45, 2.75) is 12.8 Å². The molecule has 0 radical (unpaired) electrons. The predicted octanol–water partition coefficient (Wildman–Crippen LogP) is 1.70. The zero-order valence-electron chi connectivity index (χ0n) is 10.7. The molecule has 0 saturated carbocycles. The average Bonchev–Trinajstić information content (AvgIpc) is 3.08. The molecule has 3 rings (SSSR count). The van der Waals surface area contributed by atoms with Crippen molar-refractivity contribution in [2.75, 3.05) is 18.0 Å². The Labute approximate surface area is 114 Å². The summed E-state index contributed by atoms with van der Waals surface area (Å²) in [6, 6.07) is 5.59. The van der Waals surface area contributed by atoms with Crippen molar-refractivity contribution < 1.29 is 14.3 Å². The van der Waals surface area contributed by atoms with E-state index in [1.54, 1.807) is 0 Å². The van der Waals surface area contributed by atoms with Gasteiger partial charge in [0.1, 0.15) is 5.82 Å². The van der Waals surface area contributed by atoms with Crippen molar-refractivity contribution in [2.24, 2.45) is 0 Å². The van der Waals surface area contributed by atoms with E-state index in [1.807, 2.05) is 4.90 Å². The number of carboxylic acid groups (broad SMARTS) is 1. The largest absolute Gasteiger partial charge is 0.476 e. The molecule has 1 saturated heterocycles. The molecule has 0 unspecified atom stereocenters. The van der Waals surface area contributed by atoms with Gasteiger partial charge in [0.2, 0.25) is 5.69 Å². The molecule has 7 heteroatoms. The lowest BCUT2D eigenvalue weighted by Gasteiger charge is -2.13. The molecular weight excluding hydrogens is 263 g/mol. The Morgan fingerprint density at radius 2 is 1.80 bits per heavy atom. The summed E-state index contributed by atoms with van der Waals surface area (Å²) in [6.45, 7) is 1.56. The topological polar surface area (TPSA) is 71.2 Å². The molecule has 2 heterocycles. The number of rotatable bonds is 3. The normalized spacial score (nSPS) is 14.8. The van der Waals surface area contributed by atoms with Crippen LogP contribution in [0.1, 0.15) is 23.3 Å². The lowest BCUT2D eigenvalue weighted by atomic mass is 10.3. The van der Waals surface area contributed by atoms with Crippen LogP contribution < -0.4 is 4.90 Å². The first-order chi connectivity index (χ1) is 9.65. The fourth-order valence-electron chi connectivity index (χ4n) is 2.27. The Morgan fingerprint density at radius 1 is 1.15 bits per heavy atom. The van der Waals surface area contributed by atoms with Crippen LogP contribution in [0.4, 0.5) is 10.2 Å². The van der Waals surface area contributed by atoms with Gasteiger partial charge in [0, 0.05) is 13.1 Å². The Morgan fingerprint density at radius 3 is 2.40 bits per heavy atom. The number of halogens is 1. The highest BCUT2D eigenvalue weighted by molar-refractivity contribution is 5.91. The summed E-state index contributed by atoms with van der Waals surface area (Å²) in [5, 5.41) is 17.5. The van der Waals surface area contributed by atoms with Crippen LogP contribution in [0.15, 0.2) is 24.3 Å². The molecule has 1 aromatic heterocycles. The third-order valence-electron chi connectivity index (χ3n) is 3.26. The zero-order chi connectivity index (χ0) is 14.1. The van der Waals surface area contributed by atoms with Gasteiger partial charge in [-0.05, 0) is 37.1 Å². The minimum atomic E-state index is -1.11. The number of carbonyl (C=O) groups is 1. The Bertz CT molecular complexity index is 632. The fourth-order valence-corrected chi connectivity index (χ4v) is 2.27. The maximum Gasteiger partial charge on any atom is 0.360 e. The Hall–Kier alpha value is -2.44. The fraction of sp³-hybridized carbons (Fsp3) is 0.308. The minimum absolute atomic E-state index is 0.0729. The van der Waals surface area contributed by atoms with Gasteiger partial charge in [0.15, 0.2) is 5.82 Å². The van der Waals surface area contributed by atoms with E-state index in [2.05, 4.69) is 10.2 Å². The standard InChI is InChI=1S/C13H13FN4O2/c14-9-3-5-10(6-4-9)18-15-11(13(19)20)12(16-18)17-7-1-2-8-17/h3-6H,1-2,7-8H2,(H,19,20). The third kappa shape index (κ3) is 2.22. The van der Waals surface area contributed by atoms with Crippen LogP contribution >= 0.6 is 0 Å². The van der Waals surface area contributed by atoms with E-state index in [9.17, 15) is 14.3 Å². The van der Waals surface area contributed by atoms with Crippen molar-refractivity contribution in [1.29, 1.82) is 0 Å². The zero-order valence-corrected chi connectivity index (χ0v) is 10.7. The molecule has 20 heavy (non-hydrogen) atoms. The molecule has 1 aliphatic rings. The number of nitrogens with zero attached hydrogens (tertiary/aromatic N) is 4. The van der Waals surface area contributed by atoms with E-state index < -0.39 is 5.97 Å². The number of anilines is 1. The highest BCUT2D eigenvalue weighted by atomic mass is 19.1. The first-order valence-electron chi connectivity index (χ1n) is 6.36. The second kappa shape index (κ2) is 4.92. The van der Waals surface area contributed by atoms with Gasteiger partial charge >= 0.3 is 5.97 Å². The Kier molecular flexibility index (Phi) is 3.09. The summed E-state index contributed by atoms with van der Waals surface area (Å²) in [5.41, 5.74) is 0.454. The molecule has 1 fully saturated rings. The highest BCUT2D eigenvalue weighted by Gasteiger charge is 2.25. The molecule has 0 spiro atoms. The lowest BCUT2D eigenvalue weighted by Crippen LogP contribution is -2.20. The number of aromatic nitrogens is 3. The molecule has 0 aliphatic carbocycles. The molecule has 2 aromatic rings. The monoisotopic (exact) mass is 276 g/mol. The summed E-state index contributed by atoms with van der Waals surface area (Å²) < 4.78 is 12.9. The van der Waals surface area contributed by atoms with Crippen LogP contribution in [0.2, 0.25) is 0 Å². The van der Waals surface area contributed by atoms with E-state index in [0.29, 0.717) is 11.5 Å². The maximum absolute atomic E-state index is 12.9. The van der Waals surface area contributed by atoms with Gasteiger partial charge in [0.05, 0.1) is 5.69 Å². The maximum atomic E-state index is 12.9. The lowest BCUT2D eigenvalue weighted by molar-refractivity contribution is 0.0690. The van der Waals surface area contributed by atoms with Crippen molar-refractivity contribution >= 4 is 11.8 Å². The van der Waals surface area contributed by atoms with Crippen LogP contribution in [-0.4, -0.2) is 39.2 Å². The Balaban J connectivity index is 2.02. The summed E-state index contributed by atoms with van der Waals surface area (Å²) in [5.74, 6) is -1.10. The summed E-state index contributed by atoms with van der Waals surface area (Å²) in [7, 11) is 0. The van der Waals surface area contributed by atoms with E-state index >= 15 is 0 Å². The number of aromatic carboxylic acids is 1. The molecule has 0 atom stereocenters. The van der Waals surface area contributed by atoms with Gasteiger partial charge in [-0.1, -0.05) is 0 Å². The number of benzene rings is 1. The molecule has 1 N–H and O–H groups in total. The van der Waals surface area contributed by atoms with Gasteiger partial charge in [0.25, 0.3) is 0 Å². The van der Waals surface area contributed by atoms with Crippen LogP contribution in [0.25, 0.3) is 5.69 Å². The van der Waals surface area contributed by atoms with Crippen LogP contribution in [0, 0.1) is 5.82 Å². The van der Waals surface area contributed by atoms with Gasteiger partial charge in [-0.15, -0.1) is 15.0 Å². The van der Waals surface area contributed by atoms with E-state index in [1.165, 1.54) is 29.1 Å². The number of hydrogen-bond acceptors (Lipinski definition) is 4. The second-order valence-electron chi connectivity index (χ2n) is 4.64. The van der Waals surface area contributed by atoms with Crippen molar-refractivity contribution in [3.8, 4) is 5.69 Å². The third-order valence-corrected chi connectivity index (χ3v) is 3.26. The van der Waals surface area contributed by atoms with Crippen LogP contribution in [0.3, 0.4) is 0 Å². The second-order valence-corrected chi connectivity index (χ2v) is 4.64. The van der Waals surface area contributed by atoms with Crippen LogP contribution in [0.5, 0.6) is 0 Å². The van der Waals surface area contributed by atoms with E-state index in [-0.39, 0.29) is 11.5 Å². The van der Waals surface area contributed by atoms with Crippen molar-refractivity contribution in [3.05, 3.63) is 35.8 Å². The molecule has 0 amide bonds. The minimum Gasteiger partial charge on any atom is -0.476 e. The molecule has 104 valence electrons. The van der Waals surface area contributed by atoms with Gasteiger partial charge in [-0.25, -0.2) is 9.18 Å². The SMILES string of the molecule is O=C(O)c1nn(-c2ccc(F)cc2)nc1N1CCCC1. The number of hydrogen-bond donors (Lipinski definition) is 1. The van der Waals surface area contributed by atoms with Gasteiger partial charge < -0.3 is 10.0 Å². The first kappa shape index (κ1) is 12.6. The molecule has 0 bridgehead atoms. The smallest absolute Gasteiger partial charge is 0.360 e. The van der Waals surface area contributed by atoms with Gasteiger partial charge in [-0.3, -0.25) is 0 Å². The van der Waals surface area contributed by atoms with Crippen molar-refractivity contribution in [3.63, 3.8) is 0 Å². The summed E-state index contributed by atoms with van der Waals surface area (Å²) >= 11 is 0. The number of carboxylic acids is 1. The highest BCUT2D eigenvalue weighted by Crippen LogP contribution is 2.22. The molecule has 1 aliphatic heterocycles. The van der Waals surface area contributed by atoms with E-state index in [4.69, 9.17) is 0 Å². The van der Waals surface area contributed by atoms with Crippen LogP contribution in [-0.2, 0) is 0 Å². The first-order valence-corrected chi connectivity index (χ1v) is 6.36. The molecular formula is C13H13FN4O2. The molecule has 6 nitrogen and oxygen atoms in total.